The van der Waals surface area contributed by atoms with Gasteiger partial charge in [-0.1, -0.05) is 72.3 Å². The zero-order valence-electron chi connectivity index (χ0n) is 16.8. The lowest BCUT2D eigenvalue weighted by atomic mass is 10.1. The van der Waals surface area contributed by atoms with Crippen LogP contribution < -0.4 is 5.32 Å². The highest BCUT2D eigenvalue weighted by molar-refractivity contribution is 5.76. The third-order valence-corrected chi connectivity index (χ3v) is 5.17. The van der Waals surface area contributed by atoms with E-state index in [1.165, 1.54) is 11.1 Å². The van der Waals surface area contributed by atoms with Gasteiger partial charge >= 0.3 is 0 Å². The number of carbonyl (C=O) groups is 1. The van der Waals surface area contributed by atoms with Gasteiger partial charge in [-0.15, -0.1) is 0 Å². The molecule has 2 aromatic carbocycles. The molecule has 2 aromatic rings. The zero-order chi connectivity index (χ0) is 19.6. The third-order valence-electron chi connectivity index (χ3n) is 5.17. The SMILES string of the molecule is Cc1cccc(CNC(=O)CCN2CCN(C/C=C/c3ccccc3)CC2)c1. The molecular weight excluding hydrogens is 346 g/mol. The predicted molar refractivity (Wildman–Crippen MR) is 116 cm³/mol. The molecule has 1 aliphatic heterocycles. The van der Waals surface area contributed by atoms with E-state index in [1.54, 1.807) is 0 Å². The van der Waals surface area contributed by atoms with Crippen molar-refractivity contribution in [3.8, 4) is 0 Å². The second-order valence-electron chi connectivity index (χ2n) is 7.47. The molecule has 4 heteroatoms. The Labute approximate surface area is 168 Å². The van der Waals surface area contributed by atoms with E-state index in [9.17, 15) is 4.79 Å². The normalized spacial score (nSPS) is 15.8. The van der Waals surface area contributed by atoms with Crippen LogP contribution in [0.2, 0.25) is 0 Å². The van der Waals surface area contributed by atoms with Crippen LogP contribution in [0.4, 0.5) is 0 Å². The van der Waals surface area contributed by atoms with Crippen molar-refractivity contribution in [2.75, 3.05) is 39.3 Å². The summed E-state index contributed by atoms with van der Waals surface area (Å²) in [5.41, 5.74) is 3.63. The van der Waals surface area contributed by atoms with E-state index in [0.717, 1.165) is 44.8 Å². The minimum atomic E-state index is 0.134. The van der Waals surface area contributed by atoms with E-state index >= 15 is 0 Å². The Balaban J connectivity index is 1.30. The van der Waals surface area contributed by atoms with Gasteiger partial charge in [-0.2, -0.15) is 0 Å². The molecule has 148 valence electrons. The highest BCUT2D eigenvalue weighted by Crippen LogP contribution is 2.06. The number of nitrogens with zero attached hydrogens (tertiary/aromatic N) is 2. The first-order valence-electron chi connectivity index (χ1n) is 10.2. The summed E-state index contributed by atoms with van der Waals surface area (Å²) in [4.78, 5) is 17.0. The first kappa shape index (κ1) is 20.3. The molecule has 3 rings (SSSR count). The van der Waals surface area contributed by atoms with Crippen LogP contribution in [0.5, 0.6) is 0 Å². The Morgan fingerprint density at radius 1 is 1.00 bits per heavy atom. The Morgan fingerprint density at radius 3 is 2.50 bits per heavy atom. The summed E-state index contributed by atoms with van der Waals surface area (Å²) in [7, 11) is 0. The number of rotatable bonds is 8. The van der Waals surface area contributed by atoms with E-state index in [-0.39, 0.29) is 5.91 Å². The van der Waals surface area contributed by atoms with Crippen molar-refractivity contribution >= 4 is 12.0 Å². The number of amides is 1. The molecule has 0 radical (unpaired) electrons. The van der Waals surface area contributed by atoms with Gasteiger partial charge in [-0.05, 0) is 18.1 Å². The maximum atomic E-state index is 12.1. The van der Waals surface area contributed by atoms with Crippen molar-refractivity contribution in [1.29, 1.82) is 0 Å². The topological polar surface area (TPSA) is 35.6 Å². The van der Waals surface area contributed by atoms with Gasteiger partial charge in [0.1, 0.15) is 0 Å². The van der Waals surface area contributed by atoms with Crippen molar-refractivity contribution in [1.82, 2.24) is 15.1 Å². The molecule has 1 aliphatic rings. The summed E-state index contributed by atoms with van der Waals surface area (Å²) in [5.74, 6) is 0.134. The number of piperazine rings is 1. The monoisotopic (exact) mass is 377 g/mol. The lowest BCUT2D eigenvalue weighted by Gasteiger charge is -2.34. The summed E-state index contributed by atoms with van der Waals surface area (Å²) >= 11 is 0. The molecule has 0 bridgehead atoms. The summed E-state index contributed by atoms with van der Waals surface area (Å²) in [5, 5.41) is 3.03. The molecule has 1 amide bonds. The molecule has 1 saturated heterocycles. The molecular formula is C24H31N3O. The van der Waals surface area contributed by atoms with Crippen LogP contribution >= 0.6 is 0 Å². The van der Waals surface area contributed by atoms with Crippen molar-refractivity contribution in [2.24, 2.45) is 0 Å². The zero-order valence-corrected chi connectivity index (χ0v) is 16.8. The highest BCUT2D eigenvalue weighted by atomic mass is 16.1. The van der Waals surface area contributed by atoms with Crippen LogP contribution in [-0.4, -0.2) is 55.0 Å². The Morgan fingerprint density at radius 2 is 1.75 bits per heavy atom. The molecule has 4 nitrogen and oxygen atoms in total. The van der Waals surface area contributed by atoms with Gasteiger partial charge in [0.15, 0.2) is 0 Å². The highest BCUT2D eigenvalue weighted by Gasteiger charge is 2.16. The number of nitrogens with one attached hydrogen (secondary N) is 1. The summed E-state index contributed by atoms with van der Waals surface area (Å²) in [6.07, 6.45) is 4.99. The van der Waals surface area contributed by atoms with Crippen LogP contribution in [-0.2, 0) is 11.3 Å². The number of hydrogen-bond acceptors (Lipinski definition) is 3. The number of aryl methyl sites for hydroxylation is 1. The molecule has 0 atom stereocenters. The van der Waals surface area contributed by atoms with Crippen molar-refractivity contribution in [3.05, 3.63) is 77.4 Å². The van der Waals surface area contributed by atoms with Crippen LogP contribution in [0.25, 0.3) is 6.08 Å². The quantitative estimate of drug-likeness (QED) is 0.766. The average Bonchev–Trinajstić information content (AvgIpc) is 2.72. The van der Waals surface area contributed by atoms with E-state index in [4.69, 9.17) is 0 Å². The third kappa shape index (κ3) is 6.95. The largest absolute Gasteiger partial charge is 0.352 e. The lowest BCUT2D eigenvalue weighted by Crippen LogP contribution is -2.47. The van der Waals surface area contributed by atoms with Gasteiger partial charge < -0.3 is 10.2 Å². The van der Waals surface area contributed by atoms with Crippen LogP contribution in [0.15, 0.2) is 60.7 Å². The molecule has 28 heavy (non-hydrogen) atoms. The standard InChI is InChI=1S/C24H31N3O/c1-21-7-5-10-23(19-21)20-25-24(28)12-14-27-17-15-26(16-18-27)13-6-11-22-8-3-2-4-9-22/h2-11,19H,12-18,20H2,1H3,(H,25,28)/b11-6+. The van der Waals surface area contributed by atoms with Gasteiger partial charge in [0.25, 0.3) is 0 Å². The fourth-order valence-electron chi connectivity index (χ4n) is 3.47. The van der Waals surface area contributed by atoms with Gasteiger partial charge in [-0.25, -0.2) is 0 Å². The van der Waals surface area contributed by atoms with Gasteiger partial charge in [-0.3, -0.25) is 9.69 Å². The van der Waals surface area contributed by atoms with Crippen LogP contribution in [0, 0.1) is 6.92 Å². The van der Waals surface area contributed by atoms with E-state index in [0.29, 0.717) is 13.0 Å². The Hall–Kier alpha value is -2.43. The fourth-order valence-corrected chi connectivity index (χ4v) is 3.47. The molecule has 0 spiro atoms. The van der Waals surface area contributed by atoms with Gasteiger partial charge in [0, 0.05) is 52.2 Å². The molecule has 0 aromatic heterocycles. The van der Waals surface area contributed by atoms with Crippen LogP contribution in [0.1, 0.15) is 23.1 Å². The van der Waals surface area contributed by atoms with E-state index in [2.05, 4.69) is 76.7 Å². The van der Waals surface area contributed by atoms with Gasteiger partial charge in [0.2, 0.25) is 5.91 Å². The number of carbonyl (C=O) groups excluding carboxylic acids is 1. The fraction of sp³-hybridized carbons (Fsp3) is 0.375. The first-order chi connectivity index (χ1) is 13.7. The van der Waals surface area contributed by atoms with Crippen molar-refractivity contribution < 1.29 is 4.79 Å². The maximum absolute atomic E-state index is 12.1. The lowest BCUT2D eigenvalue weighted by molar-refractivity contribution is -0.121. The van der Waals surface area contributed by atoms with Crippen molar-refractivity contribution in [2.45, 2.75) is 19.9 Å². The van der Waals surface area contributed by atoms with Crippen LogP contribution in [0.3, 0.4) is 0 Å². The second kappa shape index (κ2) is 10.8. The first-order valence-corrected chi connectivity index (χ1v) is 10.2. The molecule has 0 saturated carbocycles. The second-order valence-corrected chi connectivity index (χ2v) is 7.47. The van der Waals surface area contributed by atoms with Gasteiger partial charge in [0.05, 0.1) is 0 Å². The maximum Gasteiger partial charge on any atom is 0.221 e. The van der Waals surface area contributed by atoms with E-state index < -0.39 is 0 Å². The molecule has 1 fully saturated rings. The molecule has 0 aliphatic carbocycles. The molecule has 1 N–H and O–H groups in total. The Bertz CT molecular complexity index is 764. The number of hydrogen-bond donors (Lipinski definition) is 1. The minimum Gasteiger partial charge on any atom is -0.352 e. The minimum absolute atomic E-state index is 0.134. The molecule has 1 heterocycles. The average molecular weight is 378 g/mol. The number of benzene rings is 2. The Kier molecular flexibility index (Phi) is 7.82. The summed E-state index contributed by atoms with van der Waals surface area (Å²) in [6, 6.07) is 18.7. The summed E-state index contributed by atoms with van der Waals surface area (Å²) < 4.78 is 0. The summed E-state index contributed by atoms with van der Waals surface area (Å²) in [6.45, 7) is 8.69. The van der Waals surface area contributed by atoms with E-state index in [1.807, 2.05) is 12.1 Å². The molecule has 0 unspecified atom stereocenters. The smallest absolute Gasteiger partial charge is 0.221 e. The predicted octanol–water partition coefficient (Wildman–Crippen LogP) is 3.33. The van der Waals surface area contributed by atoms with Crippen molar-refractivity contribution in [3.63, 3.8) is 0 Å².